The maximum Gasteiger partial charge on any atom is 0.315 e. The van der Waals surface area contributed by atoms with Crippen LogP contribution >= 0.6 is 0 Å². The van der Waals surface area contributed by atoms with E-state index in [1.807, 2.05) is 6.92 Å². The second kappa shape index (κ2) is 6.49. The van der Waals surface area contributed by atoms with Gasteiger partial charge in [0.1, 0.15) is 5.82 Å². The number of hydrogen-bond donors (Lipinski definition) is 3. The van der Waals surface area contributed by atoms with E-state index in [1.165, 1.54) is 12.1 Å². The summed E-state index contributed by atoms with van der Waals surface area (Å²) in [5.41, 5.74) is 6.43. The molecule has 0 bridgehead atoms. The molecule has 0 saturated heterocycles. The molecule has 3 amide bonds. The molecule has 0 unspecified atom stereocenters. The lowest BCUT2D eigenvalue weighted by Gasteiger charge is -2.08. The fourth-order valence-electron chi connectivity index (χ4n) is 1.70. The molecule has 2 rings (SSSR count). The molecule has 0 aliphatic rings. The first-order valence-electron chi connectivity index (χ1n) is 6.41. The van der Waals surface area contributed by atoms with Crippen LogP contribution in [0, 0.1) is 6.92 Å². The molecular formula is C15H14N4O3. The number of nitrogens with two attached hydrogens (primary N) is 1. The molecule has 1 aromatic heterocycles. The zero-order valence-corrected chi connectivity index (χ0v) is 11.8. The minimum Gasteiger partial charge on any atom is -0.366 e. The molecule has 0 aliphatic heterocycles. The lowest BCUT2D eigenvalue weighted by molar-refractivity contribution is -0.133. The van der Waals surface area contributed by atoms with Gasteiger partial charge in [-0.3, -0.25) is 14.4 Å². The number of para-hydroxylation sites is 1. The van der Waals surface area contributed by atoms with Gasteiger partial charge in [-0.15, -0.1) is 0 Å². The molecule has 0 aliphatic carbocycles. The summed E-state index contributed by atoms with van der Waals surface area (Å²) < 4.78 is 0. The lowest BCUT2D eigenvalue weighted by Crippen LogP contribution is -2.30. The Morgan fingerprint density at radius 1 is 1.00 bits per heavy atom. The number of primary amides is 1. The minimum atomic E-state index is -0.920. The normalized spacial score (nSPS) is 9.86. The second-order valence-electron chi connectivity index (χ2n) is 4.54. The number of pyridine rings is 1. The molecule has 4 N–H and O–H groups in total. The molecule has 2 aromatic rings. The van der Waals surface area contributed by atoms with Gasteiger partial charge in [-0.2, -0.15) is 0 Å². The number of hydrogen-bond acceptors (Lipinski definition) is 4. The van der Waals surface area contributed by atoms with Gasteiger partial charge in [0.2, 0.25) is 0 Å². The summed E-state index contributed by atoms with van der Waals surface area (Å²) in [5.74, 6) is -2.25. The van der Waals surface area contributed by atoms with Gasteiger partial charge in [-0.05, 0) is 30.7 Å². The third-order valence-electron chi connectivity index (χ3n) is 2.80. The van der Waals surface area contributed by atoms with E-state index in [2.05, 4.69) is 15.6 Å². The SMILES string of the molecule is Cc1ccc(NC(=O)C(=O)Nc2ccccc2C(N)=O)nc1. The van der Waals surface area contributed by atoms with Crippen molar-refractivity contribution < 1.29 is 14.4 Å². The molecule has 1 heterocycles. The van der Waals surface area contributed by atoms with Crippen LogP contribution in [-0.2, 0) is 9.59 Å². The van der Waals surface area contributed by atoms with Crippen LogP contribution in [0.5, 0.6) is 0 Å². The van der Waals surface area contributed by atoms with Gasteiger partial charge in [0.15, 0.2) is 0 Å². The van der Waals surface area contributed by atoms with Crippen LogP contribution in [0.15, 0.2) is 42.6 Å². The average Bonchev–Trinajstić information content (AvgIpc) is 2.49. The quantitative estimate of drug-likeness (QED) is 0.735. The molecule has 22 heavy (non-hydrogen) atoms. The van der Waals surface area contributed by atoms with Crippen LogP contribution in [0.2, 0.25) is 0 Å². The van der Waals surface area contributed by atoms with Gasteiger partial charge in [0.25, 0.3) is 5.91 Å². The fraction of sp³-hybridized carbons (Fsp3) is 0.0667. The molecule has 0 atom stereocenters. The third-order valence-corrected chi connectivity index (χ3v) is 2.80. The van der Waals surface area contributed by atoms with Crippen LogP contribution in [-0.4, -0.2) is 22.7 Å². The summed E-state index contributed by atoms with van der Waals surface area (Å²) in [4.78, 5) is 38.9. The van der Waals surface area contributed by atoms with Crippen molar-refractivity contribution in [1.82, 2.24) is 4.98 Å². The second-order valence-corrected chi connectivity index (χ2v) is 4.54. The van der Waals surface area contributed by atoms with Crippen molar-refractivity contribution in [3.05, 3.63) is 53.7 Å². The first-order chi connectivity index (χ1) is 10.5. The monoisotopic (exact) mass is 298 g/mol. The summed E-state index contributed by atoms with van der Waals surface area (Å²) in [5, 5.41) is 4.70. The summed E-state index contributed by atoms with van der Waals surface area (Å²) >= 11 is 0. The Hall–Kier alpha value is -3.22. The number of benzene rings is 1. The number of rotatable bonds is 3. The molecular weight excluding hydrogens is 284 g/mol. The Kier molecular flexibility index (Phi) is 4.47. The number of aromatic nitrogens is 1. The Labute approximate surface area is 126 Å². The first kappa shape index (κ1) is 15.2. The number of nitrogens with zero attached hydrogens (tertiary/aromatic N) is 1. The van der Waals surface area contributed by atoms with Crippen molar-refractivity contribution in [3.63, 3.8) is 0 Å². The summed E-state index contributed by atoms with van der Waals surface area (Å²) in [6, 6.07) is 9.49. The standard InChI is InChI=1S/C15H14N4O3/c1-9-6-7-12(17-8-9)19-15(22)14(21)18-11-5-3-2-4-10(11)13(16)20/h2-8H,1H3,(H2,16,20)(H,18,21)(H,17,19,22). The minimum absolute atomic E-state index is 0.122. The number of anilines is 2. The van der Waals surface area contributed by atoms with E-state index >= 15 is 0 Å². The third kappa shape index (κ3) is 3.66. The number of nitrogens with one attached hydrogen (secondary N) is 2. The van der Waals surface area contributed by atoms with Crippen LogP contribution in [0.4, 0.5) is 11.5 Å². The highest BCUT2D eigenvalue weighted by Crippen LogP contribution is 2.14. The fourth-order valence-corrected chi connectivity index (χ4v) is 1.70. The van der Waals surface area contributed by atoms with Gasteiger partial charge in [0.05, 0.1) is 11.3 Å². The van der Waals surface area contributed by atoms with Crippen LogP contribution in [0.3, 0.4) is 0 Å². The van der Waals surface area contributed by atoms with Crippen LogP contribution in [0.25, 0.3) is 0 Å². The zero-order valence-electron chi connectivity index (χ0n) is 11.8. The van der Waals surface area contributed by atoms with Crippen molar-refractivity contribution in [2.75, 3.05) is 10.6 Å². The van der Waals surface area contributed by atoms with Gasteiger partial charge in [0, 0.05) is 6.20 Å². The maximum absolute atomic E-state index is 11.9. The Morgan fingerprint density at radius 2 is 1.68 bits per heavy atom. The molecule has 0 saturated carbocycles. The van der Waals surface area contributed by atoms with Crippen LogP contribution in [0.1, 0.15) is 15.9 Å². The summed E-state index contributed by atoms with van der Waals surface area (Å²) in [7, 11) is 0. The van der Waals surface area contributed by atoms with E-state index in [4.69, 9.17) is 5.73 Å². The van der Waals surface area contributed by atoms with Gasteiger partial charge < -0.3 is 16.4 Å². The van der Waals surface area contributed by atoms with Crippen molar-refractivity contribution in [2.45, 2.75) is 6.92 Å². The Bertz CT molecular complexity index is 726. The number of carbonyl (C=O) groups excluding carboxylic acids is 3. The zero-order chi connectivity index (χ0) is 16.1. The van der Waals surface area contributed by atoms with Crippen LogP contribution < -0.4 is 16.4 Å². The topological polar surface area (TPSA) is 114 Å². The number of amides is 3. The van der Waals surface area contributed by atoms with Gasteiger partial charge >= 0.3 is 11.8 Å². The molecule has 1 aromatic carbocycles. The summed E-state index contributed by atoms with van der Waals surface area (Å²) in [6.45, 7) is 1.85. The predicted octanol–water partition coefficient (Wildman–Crippen LogP) is 1.07. The smallest absolute Gasteiger partial charge is 0.315 e. The molecule has 112 valence electrons. The average molecular weight is 298 g/mol. The highest BCUT2D eigenvalue weighted by Gasteiger charge is 2.17. The van der Waals surface area contributed by atoms with E-state index in [0.29, 0.717) is 0 Å². The predicted molar refractivity (Wildman–Crippen MR) is 81.2 cm³/mol. The molecule has 7 nitrogen and oxygen atoms in total. The number of carbonyl (C=O) groups is 3. The van der Waals surface area contributed by atoms with Crippen molar-refractivity contribution in [1.29, 1.82) is 0 Å². The highest BCUT2D eigenvalue weighted by atomic mass is 16.2. The number of aryl methyl sites for hydroxylation is 1. The molecule has 0 fully saturated rings. The van der Waals surface area contributed by atoms with Gasteiger partial charge in [-0.1, -0.05) is 18.2 Å². The van der Waals surface area contributed by atoms with Gasteiger partial charge in [-0.25, -0.2) is 4.98 Å². The highest BCUT2D eigenvalue weighted by molar-refractivity contribution is 6.43. The largest absolute Gasteiger partial charge is 0.366 e. The van der Waals surface area contributed by atoms with E-state index in [-0.39, 0.29) is 17.1 Å². The van der Waals surface area contributed by atoms with E-state index in [9.17, 15) is 14.4 Å². The van der Waals surface area contributed by atoms with E-state index < -0.39 is 17.7 Å². The first-order valence-corrected chi connectivity index (χ1v) is 6.41. The Morgan fingerprint density at radius 3 is 2.32 bits per heavy atom. The van der Waals surface area contributed by atoms with E-state index in [1.54, 1.807) is 30.5 Å². The molecule has 0 spiro atoms. The molecule has 7 heteroatoms. The molecule has 0 radical (unpaired) electrons. The van der Waals surface area contributed by atoms with Crippen molar-refractivity contribution in [2.24, 2.45) is 5.73 Å². The Balaban J connectivity index is 2.07. The summed E-state index contributed by atoms with van der Waals surface area (Å²) in [6.07, 6.45) is 1.57. The van der Waals surface area contributed by atoms with E-state index in [0.717, 1.165) is 5.56 Å². The maximum atomic E-state index is 11.9. The van der Waals surface area contributed by atoms with Crippen molar-refractivity contribution in [3.8, 4) is 0 Å². The van der Waals surface area contributed by atoms with Crippen molar-refractivity contribution >= 4 is 29.2 Å². The lowest BCUT2D eigenvalue weighted by atomic mass is 10.1.